The van der Waals surface area contributed by atoms with Gasteiger partial charge in [0.2, 0.25) is 0 Å². The molecule has 1 aromatic heterocycles. The highest BCUT2D eigenvalue weighted by Crippen LogP contribution is 2.21. The molecule has 0 aliphatic heterocycles. The summed E-state index contributed by atoms with van der Waals surface area (Å²) in [5, 5.41) is 15.5. The summed E-state index contributed by atoms with van der Waals surface area (Å²) in [6.45, 7) is 1.77. The second-order valence-corrected chi connectivity index (χ2v) is 5.18. The van der Waals surface area contributed by atoms with Crippen molar-refractivity contribution in [3.8, 4) is 0 Å². The van der Waals surface area contributed by atoms with Gasteiger partial charge >= 0.3 is 5.97 Å². The Morgan fingerprint density at radius 3 is 2.90 bits per heavy atom. The molecule has 0 radical (unpaired) electrons. The van der Waals surface area contributed by atoms with Crippen molar-refractivity contribution < 1.29 is 9.90 Å². The fourth-order valence-electron chi connectivity index (χ4n) is 1.42. The number of hydrogen-bond donors (Lipinski definition) is 3. The highest BCUT2D eigenvalue weighted by Gasteiger charge is 2.09. The minimum atomic E-state index is -1.09. The second kappa shape index (κ2) is 5.89. The number of nitrogens with zero attached hydrogens (tertiary/aromatic N) is 2. The van der Waals surface area contributed by atoms with Crippen LogP contribution in [0.4, 0.5) is 10.8 Å². The number of thiazole rings is 1. The molecular weight excluding hydrogens is 300 g/mol. The van der Waals surface area contributed by atoms with E-state index in [1.807, 2.05) is 0 Å². The molecule has 1 aromatic carbocycles. The molecule has 0 amide bonds. The first-order chi connectivity index (χ1) is 9.47. The SMILES string of the molecule is C/C(=N/Nc1ccc(Cl)c(C(=O)O)c1)c1csc(N)n1. The van der Waals surface area contributed by atoms with Gasteiger partial charge < -0.3 is 10.8 Å². The van der Waals surface area contributed by atoms with Gasteiger partial charge in [0.1, 0.15) is 0 Å². The summed E-state index contributed by atoms with van der Waals surface area (Å²) in [5.41, 5.74) is 10.2. The lowest BCUT2D eigenvalue weighted by Gasteiger charge is -2.04. The topological polar surface area (TPSA) is 101 Å². The van der Waals surface area contributed by atoms with Gasteiger partial charge in [0.25, 0.3) is 0 Å². The molecule has 8 heteroatoms. The van der Waals surface area contributed by atoms with Gasteiger partial charge in [0, 0.05) is 5.38 Å². The average molecular weight is 311 g/mol. The number of carbonyl (C=O) groups is 1. The Kier molecular flexibility index (Phi) is 4.21. The number of anilines is 2. The number of rotatable bonds is 4. The number of nitrogens with one attached hydrogen (secondary N) is 1. The van der Waals surface area contributed by atoms with Crippen molar-refractivity contribution in [1.82, 2.24) is 4.98 Å². The Labute approximate surface area is 123 Å². The lowest BCUT2D eigenvalue weighted by molar-refractivity contribution is 0.0697. The van der Waals surface area contributed by atoms with E-state index in [1.165, 1.54) is 23.5 Å². The molecule has 0 saturated heterocycles. The maximum Gasteiger partial charge on any atom is 0.337 e. The van der Waals surface area contributed by atoms with Crippen LogP contribution in [0.3, 0.4) is 0 Å². The second-order valence-electron chi connectivity index (χ2n) is 3.88. The third-order valence-electron chi connectivity index (χ3n) is 2.44. The van der Waals surface area contributed by atoms with Crippen LogP contribution in [0.15, 0.2) is 28.7 Å². The van der Waals surface area contributed by atoms with Crippen LogP contribution < -0.4 is 11.2 Å². The quantitative estimate of drug-likeness (QED) is 0.595. The fraction of sp³-hybridized carbons (Fsp3) is 0.0833. The molecule has 1 heterocycles. The molecule has 0 atom stereocenters. The number of halogens is 1. The van der Waals surface area contributed by atoms with Crippen molar-refractivity contribution in [2.45, 2.75) is 6.92 Å². The summed E-state index contributed by atoms with van der Waals surface area (Å²) >= 11 is 7.11. The molecule has 0 bridgehead atoms. The summed E-state index contributed by atoms with van der Waals surface area (Å²) in [7, 11) is 0. The van der Waals surface area contributed by atoms with Crippen molar-refractivity contribution in [1.29, 1.82) is 0 Å². The van der Waals surface area contributed by atoms with Crippen LogP contribution in [0.25, 0.3) is 0 Å². The number of nitrogens with two attached hydrogens (primary N) is 1. The van der Waals surface area contributed by atoms with E-state index in [9.17, 15) is 4.79 Å². The van der Waals surface area contributed by atoms with E-state index in [0.29, 0.717) is 22.2 Å². The number of hydrazone groups is 1. The van der Waals surface area contributed by atoms with Crippen molar-refractivity contribution in [3.05, 3.63) is 39.9 Å². The van der Waals surface area contributed by atoms with E-state index in [1.54, 1.807) is 18.4 Å². The zero-order valence-electron chi connectivity index (χ0n) is 10.4. The summed E-state index contributed by atoms with van der Waals surface area (Å²) in [6.07, 6.45) is 0. The monoisotopic (exact) mass is 310 g/mol. The van der Waals surface area contributed by atoms with Crippen LogP contribution in [0.1, 0.15) is 23.0 Å². The molecule has 0 aliphatic rings. The molecule has 104 valence electrons. The van der Waals surface area contributed by atoms with Crippen LogP contribution in [-0.4, -0.2) is 21.8 Å². The molecule has 0 fully saturated rings. The Balaban J connectivity index is 2.18. The van der Waals surface area contributed by atoms with Crippen LogP contribution >= 0.6 is 22.9 Å². The number of carboxylic acids is 1. The maximum atomic E-state index is 11.0. The summed E-state index contributed by atoms with van der Waals surface area (Å²) < 4.78 is 0. The number of aromatic nitrogens is 1. The Morgan fingerprint density at radius 2 is 2.30 bits per heavy atom. The highest BCUT2D eigenvalue weighted by atomic mass is 35.5. The van der Waals surface area contributed by atoms with Crippen molar-refractivity contribution in [2.75, 3.05) is 11.2 Å². The first-order valence-electron chi connectivity index (χ1n) is 5.52. The molecule has 0 spiro atoms. The Morgan fingerprint density at radius 1 is 1.55 bits per heavy atom. The van der Waals surface area contributed by atoms with Gasteiger partial charge in [-0.15, -0.1) is 11.3 Å². The summed E-state index contributed by atoms with van der Waals surface area (Å²) in [4.78, 5) is 15.1. The number of benzene rings is 1. The Bertz CT molecular complexity index is 684. The molecule has 2 aromatic rings. The van der Waals surface area contributed by atoms with Crippen LogP contribution in [-0.2, 0) is 0 Å². The summed E-state index contributed by atoms with van der Waals surface area (Å²) in [5.74, 6) is -1.09. The molecule has 0 saturated carbocycles. The molecule has 2 rings (SSSR count). The van der Waals surface area contributed by atoms with Gasteiger partial charge in [-0.3, -0.25) is 5.43 Å². The zero-order chi connectivity index (χ0) is 14.7. The van der Waals surface area contributed by atoms with Crippen LogP contribution in [0.2, 0.25) is 5.02 Å². The maximum absolute atomic E-state index is 11.0. The molecule has 20 heavy (non-hydrogen) atoms. The Hall–Kier alpha value is -2.12. The molecular formula is C12H11ClN4O2S. The van der Waals surface area contributed by atoms with E-state index >= 15 is 0 Å². The van der Waals surface area contributed by atoms with Crippen LogP contribution in [0, 0.1) is 0 Å². The smallest absolute Gasteiger partial charge is 0.337 e. The van der Waals surface area contributed by atoms with E-state index in [0.717, 1.165) is 0 Å². The zero-order valence-corrected chi connectivity index (χ0v) is 12.0. The fourth-order valence-corrected chi connectivity index (χ4v) is 2.22. The first-order valence-corrected chi connectivity index (χ1v) is 6.77. The molecule has 0 unspecified atom stereocenters. The standard InChI is InChI=1S/C12H11ClN4O2S/c1-6(10-5-20-12(14)15-10)16-17-7-2-3-9(13)8(4-7)11(18)19/h2-5,17H,1H3,(H2,14,15)(H,18,19)/b16-6-. The summed E-state index contributed by atoms with van der Waals surface area (Å²) in [6, 6.07) is 4.55. The molecule has 0 aliphatic carbocycles. The lowest BCUT2D eigenvalue weighted by Crippen LogP contribution is -2.02. The van der Waals surface area contributed by atoms with E-state index in [-0.39, 0.29) is 10.6 Å². The van der Waals surface area contributed by atoms with Gasteiger partial charge in [-0.2, -0.15) is 5.10 Å². The molecule has 4 N–H and O–H groups in total. The third-order valence-corrected chi connectivity index (χ3v) is 3.45. The van der Waals surface area contributed by atoms with Crippen molar-refractivity contribution in [2.24, 2.45) is 5.10 Å². The lowest BCUT2D eigenvalue weighted by atomic mass is 10.2. The van der Waals surface area contributed by atoms with E-state index < -0.39 is 5.97 Å². The first kappa shape index (κ1) is 14.3. The van der Waals surface area contributed by atoms with Crippen molar-refractivity contribution >= 4 is 45.4 Å². The highest BCUT2D eigenvalue weighted by molar-refractivity contribution is 7.13. The van der Waals surface area contributed by atoms with Gasteiger partial charge in [-0.25, -0.2) is 9.78 Å². The van der Waals surface area contributed by atoms with Crippen molar-refractivity contribution in [3.63, 3.8) is 0 Å². The number of hydrogen-bond acceptors (Lipinski definition) is 6. The minimum absolute atomic E-state index is 0.0161. The normalized spacial score (nSPS) is 11.4. The molecule has 6 nitrogen and oxygen atoms in total. The van der Waals surface area contributed by atoms with Gasteiger partial charge in [-0.05, 0) is 25.1 Å². The van der Waals surface area contributed by atoms with Gasteiger partial charge in [0.05, 0.1) is 27.7 Å². The van der Waals surface area contributed by atoms with Gasteiger partial charge in [0.15, 0.2) is 5.13 Å². The van der Waals surface area contributed by atoms with Gasteiger partial charge in [-0.1, -0.05) is 11.6 Å². The van der Waals surface area contributed by atoms with E-state index in [2.05, 4.69) is 15.5 Å². The largest absolute Gasteiger partial charge is 0.478 e. The number of carboxylic acid groups (broad SMARTS) is 1. The van der Waals surface area contributed by atoms with Crippen LogP contribution in [0.5, 0.6) is 0 Å². The number of aromatic carboxylic acids is 1. The number of nitrogen functional groups attached to an aromatic ring is 1. The minimum Gasteiger partial charge on any atom is -0.478 e. The third kappa shape index (κ3) is 3.25. The predicted molar refractivity (Wildman–Crippen MR) is 80.8 cm³/mol. The predicted octanol–water partition coefficient (Wildman–Crippen LogP) is 2.91. The average Bonchev–Trinajstić information content (AvgIpc) is 2.84. The van der Waals surface area contributed by atoms with E-state index in [4.69, 9.17) is 22.4 Å².